The van der Waals surface area contributed by atoms with Crippen molar-refractivity contribution in [1.82, 2.24) is 10.2 Å². The third-order valence-corrected chi connectivity index (χ3v) is 0.800. The highest BCUT2D eigenvalue weighted by molar-refractivity contribution is 4.98. The minimum absolute atomic E-state index is 0.747. The number of nitrogens with zero attached hydrogens (tertiary/aromatic N) is 1. The average Bonchev–Trinajstić information content (AvgIpc) is 2.14. The van der Waals surface area contributed by atoms with Gasteiger partial charge < -0.3 is 5.32 Å². The van der Waals surface area contributed by atoms with Gasteiger partial charge in [-0.05, 0) is 0 Å². The first kappa shape index (κ1) is 4.07. The van der Waals surface area contributed by atoms with E-state index in [-0.39, 0.29) is 0 Å². The second kappa shape index (κ2) is 1.57. The van der Waals surface area contributed by atoms with Crippen LogP contribution in [0.4, 0.5) is 0 Å². The number of hydrogen-bond donors (Lipinski definition) is 1. The van der Waals surface area contributed by atoms with Crippen LogP contribution < -0.4 is 5.32 Å². The van der Waals surface area contributed by atoms with Crippen LogP contribution in [0.3, 0.4) is 0 Å². The van der Waals surface area contributed by atoms with Crippen molar-refractivity contribution in [2.45, 2.75) is 0 Å². The first-order chi connectivity index (χ1) is 3.43. The van der Waals surface area contributed by atoms with Gasteiger partial charge in [-0.1, -0.05) is 6.42 Å². The molecule has 0 atom stereocenters. The zero-order valence-corrected chi connectivity index (χ0v) is 3.89. The van der Waals surface area contributed by atoms with E-state index in [9.17, 15) is 0 Å². The summed E-state index contributed by atoms with van der Waals surface area (Å²) in [4.78, 5) is 1.72. The van der Waals surface area contributed by atoms with Crippen LogP contribution in [0.5, 0.6) is 0 Å². The van der Waals surface area contributed by atoms with Crippen LogP contribution in [0.1, 0.15) is 0 Å². The number of rotatable bonds is 0. The molecule has 0 radical (unpaired) electrons. The van der Waals surface area contributed by atoms with Gasteiger partial charge >= 0.3 is 0 Å². The fourth-order valence-corrected chi connectivity index (χ4v) is 0.435. The number of hydrogen-bond acceptors (Lipinski definition) is 2. The van der Waals surface area contributed by atoms with Gasteiger partial charge in [-0.3, -0.25) is 4.90 Å². The summed E-state index contributed by atoms with van der Waals surface area (Å²) in [5.74, 6) is 0. The fraction of sp³-hybridized carbons (Fsp3) is 0.200. The molecule has 1 aliphatic heterocycles. The molecule has 0 fully saturated rings. The highest BCUT2D eigenvalue weighted by atomic mass is 15.2. The molecular formula is C5H6N2. The molecule has 0 aliphatic carbocycles. The predicted octanol–water partition coefficient (Wildman–Crippen LogP) is -0.0890. The Morgan fingerprint density at radius 2 is 2.71 bits per heavy atom. The van der Waals surface area contributed by atoms with Crippen molar-refractivity contribution in [1.29, 1.82) is 0 Å². The summed E-state index contributed by atoms with van der Waals surface area (Å²) in [6.45, 7) is 0.747. The monoisotopic (exact) mass is 94.1 g/mol. The molecule has 2 heteroatoms. The van der Waals surface area contributed by atoms with Gasteiger partial charge in [0.1, 0.15) is 0 Å². The summed E-state index contributed by atoms with van der Waals surface area (Å²) in [5, 5.41) is 2.93. The smallest absolute Gasteiger partial charge is 0.0993 e. The van der Waals surface area contributed by atoms with E-state index < -0.39 is 0 Å². The molecular weight excluding hydrogens is 88.1 g/mol. The van der Waals surface area contributed by atoms with Crippen molar-refractivity contribution >= 4 is 0 Å². The Labute approximate surface area is 42.8 Å². The predicted molar refractivity (Wildman–Crippen MR) is 27.8 cm³/mol. The van der Waals surface area contributed by atoms with Crippen molar-refractivity contribution in [2.24, 2.45) is 0 Å². The summed E-state index contributed by atoms with van der Waals surface area (Å²) < 4.78 is 0. The van der Waals surface area contributed by atoms with Gasteiger partial charge in [-0.25, -0.2) is 0 Å². The highest BCUT2D eigenvalue weighted by Gasteiger charge is 1.94. The largest absolute Gasteiger partial charge is 0.372 e. The average molecular weight is 94.1 g/mol. The van der Waals surface area contributed by atoms with Crippen molar-refractivity contribution in [3.05, 3.63) is 12.4 Å². The standard InChI is InChI=1S/C5H6N2/c1-2-7-4-3-6-5-7/h1,3-4,6H,5H2. The van der Waals surface area contributed by atoms with Crippen LogP contribution in [0.2, 0.25) is 0 Å². The van der Waals surface area contributed by atoms with Crippen LogP contribution in [0, 0.1) is 12.5 Å². The van der Waals surface area contributed by atoms with E-state index >= 15 is 0 Å². The molecule has 0 bridgehead atoms. The normalized spacial score (nSPS) is 16.1. The topological polar surface area (TPSA) is 15.3 Å². The molecule has 1 aliphatic rings. The van der Waals surface area contributed by atoms with Gasteiger partial charge in [-0.15, -0.1) is 0 Å². The van der Waals surface area contributed by atoms with Crippen LogP contribution in [-0.4, -0.2) is 11.6 Å². The van der Waals surface area contributed by atoms with E-state index in [1.807, 2.05) is 12.4 Å². The maximum absolute atomic E-state index is 5.02. The maximum atomic E-state index is 5.02. The number of nitrogens with one attached hydrogen (secondary N) is 1. The molecule has 0 aromatic rings. The van der Waals surface area contributed by atoms with Crippen LogP contribution in [0.15, 0.2) is 12.4 Å². The molecule has 0 unspecified atom stereocenters. The van der Waals surface area contributed by atoms with E-state index in [0.29, 0.717) is 0 Å². The molecule has 1 N–H and O–H groups in total. The summed E-state index contributed by atoms with van der Waals surface area (Å²) in [5.41, 5.74) is 0. The molecule has 0 spiro atoms. The maximum Gasteiger partial charge on any atom is 0.0993 e. The minimum atomic E-state index is 0.747. The third kappa shape index (κ3) is 0.660. The summed E-state index contributed by atoms with van der Waals surface area (Å²) in [6.07, 6.45) is 8.66. The van der Waals surface area contributed by atoms with Crippen molar-refractivity contribution in [3.63, 3.8) is 0 Å². The lowest BCUT2D eigenvalue weighted by molar-refractivity contribution is 0.551. The highest BCUT2D eigenvalue weighted by Crippen LogP contribution is 1.88. The molecule has 0 saturated carbocycles. The second-order valence-electron chi connectivity index (χ2n) is 1.28. The van der Waals surface area contributed by atoms with Gasteiger partial charge in [0.25, 0.3) is 0 Å². The van der Waals surface area contributed by atoms with E-state index in [1.54, 1.807) is 4.90 Å². The molecule has 0 amide bonds. The minimum Gasteiger partial charge on any atom is -0.372 e. The van der Waals surface area contributed by atoms with E-state index in [2.05, 4.69) is 11.4 Å². The summed E-state index contributed by atoms with van der Waals surface area (Å²) in [6, 6.07) is 2.45. The molecule has 36 valence electrons. The van der Waals surface area contributed by atoms with E-state index in [0.717, 1.165) is 6.67 Å². The first-order valence-corrected chi connectivity index (χ1v) is 2.06. The Hall–Kier alpha value is -1.10. The van der Waals surface area contributed by atoms with Crippen molar-refractivity contribution < 1.29 is 0 Å². The van der Waals surface area contributed by atoms with E-state index in [4.69, 9.17) is 6.42 Å². The molecule has 1 rings (SSSR count). The Morgan fingerprint density at radius 1 is 1.86 bits per heavy atom. The molecule has 2 nitrogen and oxygen atoms in total. The van der Waals surface area contributed by atoms with Crippen LogP contribution >= 0.6 is 0 Å². The molecule has 0 saturated heterocycles. The molecule has 7 heavy (non-hydrogen) atoms. The number of terminal acetylenes is 1. The summed E-state index contributed by atoms with van der Waals surface area (Å²) in [7, 11) is 0. The van der Waals surface area contributed by atoms with E-state index in [1.165, 1.54) is 0 Å². The zero-order chi connectivity index (χ0) is 5.11. The van der Waals surface area contributed by atoms with Crippen molar-refractivity contribution in [3.8, 4) is 12.5 Å². The fourth-order valence-electron chi connectivity index (χ4n) is 0.435. The Balaban J connectivity index is 2.47. The lowest BCUT2D eigenvalue weighted by Gasteiger charge is -2.00. The second-order valence-corrected chi connectivity index (χ2v) is 1.28. The SMILES string of the molecule is C#CN1C=CNC1. The van der Waals surface area contributed by atoms with Gasteiger partial charge in [0.2, 0.25) is 0 Å². The molecule has 0 aromatic heterocycles. The quantitative estimate of drug-likeness (QED) is 0.422. The zero-order valence-electron chi connectivity index (χ0n) is 3.89. The summed E-state index contributed by atoms with van der Waals surface area (Å²) >= 11 is 0. The lowest BCUT2D eigenvalue weighted by Crippen LogP contribution is -2.14. The van der Waals surface area contributed by atoms with Crippen LogP contribution in [0.25, 0.3) is 0 Å². The van der Waals surface area contributed by atoms with Crippen molar-refractivity contribution in [2.75, 3.05) is 6.67 Å². The van der Waals surface area contributed by atoms with Gasteiger partial charge in [0.15, 0.2) is 0 Å². The third-order valence-electron chi connectivity index (χ3n) is 0.800. The Kier molecular flexibility index (Phi) is 0.910. The molecule has 1 heterocycles. The molecule has 0 aromatic carbocycles. The lowest BCUT2D eigenvalue weighted by atomic mass is 10.8. The van der Waals surface area contributed by atoms with Gasteiger partial charge in [0, 0.05) is 18.4 Å². The van der Waals surface area contributed by atoms with Crippen LogP contribution in [-0.2, 0) is 0 Å². The first-order valence-electron chi connectivity index (χ1n) is 2.06. The Bertz CT molecular complexity index is 121. The van der Waals surface area contributed by atoms with Gasteiger partial charge in [0.05, 0.1) is 6.67 Å². The van der Waals surface area contributed by atoms with Gasteiger partial charge in [-0.2, -0.15) is 0 Å². The Morgan fingerprint density at radius 3 is 3.00 bits per heavy atom.